The summed E-state index contributed by atoms with van der Waals surface area (Å²) in [7, 11) is 0. The lowest BCUT2D eigenvalue weighted by atomic mass is 9.95. The molecule has 7 nitrogen and oxygen atoms in total. The number of aliphatic hydroxyl groups excluding tert-OH is 1. The summed E-state index contributed by atoms with van der Waals surface area (Å²) in [4.78, 5) is 32.0. The number of thiazole rings is 1. The number of aromatic nitrogens is 1. The fourth-order valence-electron chi connectivity index (χ4n) is 3.87. The van der Waals surface area contributed by atoms with Crippen LogP contribution < -0.4 is 14.4 Å². The molecule has 1 unspecified atom stereocenters. The summed E-state index contributed by atoms with van der Waals surface area (Å²) in [6.07, 6.45) is 4.40. The third-order valence-electron chi connectivity index (χ3n) is 5.61. The van der Waals surface area contributed by atoms with Gasteiger partial charge in [-0.2, -0.15) is 0 Å². The van der Waals surface area contributed by atoms with Crippen molar-refractivity contribution in [3.63, 3.8) is 0 Å². The highest BCUT2D eigenvalue weighted by Crippen LogP contribution is 2.43. The van der Waals surface area contributed by atoms with E-state index < -0.39 is 17.7 Å². The molecule has 1 amide bonds. The molecule has 0 radical (unpaired) electrons. The molecule has 35 heavy (non-hydrogen) atoms. The van der Waals surface area contributed by atoms with Gasteiger partial charge in [-0.15, -0.1) is 11.3 Å². The molecule has 2 heterocycles. The van der Waals surface area contributed by atoms with Crippen LogP contribution in [-0.2, 0) is 9.59 Å². The number of hydrogen-bond donors (Lipinski definition) is 1. The predicted molar refractivity (Wildman–Crippen MR) is 136 cm³/mol. The summed E-state index contributed by atoms with van der Waals surface area (Å²) in [6.45, 7) is 5.25. The predicted octanol–water partition coefficient (Wildman–Crippen LogP) is 5.74. The molecule has 0 spiro atoms. The van der Waals surface area contributed by atoms with Crippen molar-refractivity contribution in [2.45, 2.75) is 39.2 Å². The molecule has 1 aliphatic rings. The molecule has 8 heteroatoms. The van der Waals surface area contributed by atoms with Gasteiger partial charge in [0.2, 0.25) is 0 Å². The van der Waals surface area contributed by atoms with Crippen LogP contribution in [0.4, 0.5) is 5.13 Å². The zero-order valence-corrected chi connectivity index (χ0v) is 20.6. The first kappa shape index (κ1) is 24.5. The highest BCUT2D eigenvalue weighted by molar-refractivity contribution is 7.14. The summed E-state index contributed by atoms with van der Waals surface area (Å²) in [5.41, 5.74) is 1.08. The third kappa shape index (κ3) is 5.22. The van der Waals surface area contributed by atoms with Gasteiger partial charge >= 0.3 is 5.91 Å². The van der Waals surface area contributed by atoms with Crippen LogP contribution in [0.25, 0.3) is 5.76 Å². The van der Waals surface area contributed by atoms with Crippen LogP contribution in [0.1, 0.15) is 50.3 Å². The minimum atomic E-state index is -0.828. The van der Waals surface area contributed by atoms with Crippen molar-refractivity contribution in [2.24, 2.45) is 0 Å². The van der Waals surface area contributed by atoms with E-state index in [0.717, 1.165) is 19.3 Å². The number of Topliss-reactive ketones (excluding diaryl/α,β-unsaturated/α-hetero) is 1. The van der Waals surface area contributed by atoms with Crippen molar-refractivity contribution in [1.82, 2.24) is 4.98 Å². The van der Waals surface area contributed by atoms with Crippen molar-refractivity contribution >= 4 is 33.9 Å². The number of benzene rings is 2. The van der Waals surface area contributed by atoms with Gasteiger partial charge in [-0.25, -0.2) is 4.98 Å². The summed E-state index contributed by atoms with van der Waals surface area (Å²) < 4.78 is 11.4. The zero-order chi connectivity index (χ0) is 24.8. The summed E-state index contributed by atoms with van der Waals surface area (Å²) >= 11 is 1.26. The highest BCUT2D eigenvalue weighted by atomic mass is 32.1. The van der Waals surface area contributed by atoms with Gasteiger partial charge < -0.3 is 14.6 Å². The molecule has 0 bridgehead atoms. The first-order chi connectivity index (χ1) is 17.0. The van der Waals surface area contributed by atoms with Gasteiger partial charge in [0, 0.05) is 17.1 Å². The van der Waals surface area contributed by atoms with E-state index in [1.54, 1.807) is 35.8 Å². The second-order valence-corrected chi connectivity index (χ2v) is 9.00. The van der Waals surface area contributed by atoms with E-state index in [4.69, 9.17) is 9.47 Å². The number of carbonyl (C=O) groups excluding carboxylic acids is 2. The molecule has 0 saturated carbocycles. The standard InChI is InChI=1S/C27H28N2O5S/c1-3-5-15-34-20-11-9-18(10-12-20)23-22(25(31)26(32)29(23)27-28-13-16-35-27)24(30)19-7-6-8-21(17-19)33-14-4-2/h6-13,16-17,23,30H,3-5,14-15H2,1-2H3/b24-22+. The molecule has 4 rings (SSSR count). The van der Waals surface area contributed by atoms with Crippen LogP contribution in [0.2, 0.25) is 0 Å². The molecule has 1 saturated heterocycles. The Morgan fingerprint density at radius 3 is 2.49 bits per heavy atom. The number of anilines is 1. The fraction of sp³-hybridized carbons (Fsp3) is 0.296. The average Bonchev–Trinajstić information content (AvgIpc) is 3.50. The van der Waals surface area contributed by atoms with Crippen LogP contribution in [0.5, 0.6) is 11.5 Å². The van der Waals surface area contributed by atoms with Gasteiger partial charge in [-0.3, -0.25) is 14.5 Å². The molecular weight excluding hydrogens is 464 g/mol. The first-order valence-electron chi connectivity index (χ1n) is 11.7. The van der Waals surface area contributed by atoms with Crippen molar-refractivity contribution in [2.75, 3.05) is 18.1 Å². The lowest BCUT2D eigenvalue weighted by Gasteiger charge is -2.23. The Hall–Kier alpha value is -3.65. The van der Waals surface area contributed by atoms with Gasteiger partial charge in [0.15, 0.2) is 5.13 Å². The number of carbonyl (C=O) groups is 2. The molecular formula is C27H28N2O5S. The van der Waals surface area contributed by atoms with Crippen LogP contribution in [0, 0.1) is 0 Å². The first-order valence-corrected chi connectivity index (χ1v) is 12.6. The zero-order valence-electron chi connectivity index (χ0n) is 19.8. The second kappa shape index (κ2) is 11.2. The summed E-state index contributed by atoms with van der Waals surface area (Å²) in [6, 6.07) is 13.3. The maximum atomic E-state index is 13.2. The number of aliphatic hydroxyl groups is 1. The van der Waals surface area contributed by atoms with Crippen LogP contribution >= 0.6 is 11.3 Å². The Bertz CT molecular complexity index is 1200. The monoisotopic (exact) mass is 492 g/mol. The Labute approximate surface area is 208 Å². The maximum Gasteiger partial charge on any atom is 0.301 e. The van der Waals surface area contributed by atoms with Crippen LogP contribution in [-0.4, -0.2) is 35.0 Å². The quantitative estimate of drug-likeness (QED) is 0.168. The van der Waals surface area contributed by atoms with E-state index >= 15 is 0 Å². The maximum absolute atomic E-state index is 13.2. The fourth-order valence-corrected chi connectivity index (χ4v) is 4.54. The number of ether oxygens (including phenoxy) is 2. The van der Waals surface area contributed by atoms with Crippen molar-refractivity contribution in [3.05, 3.63) is 76.8 Å². The Kier molecular flexibility index (Phi) is 7.82. The minimum Gasteiger partial charge on any atom is -0.507 e. The van der Waals surface area contributed by atoms with Crippen LogP contribution in [0.15, 0.2) is 65.7 Å². The lowest BCUT2D eigenvalue weighted by molar-refractivity contribution is -0.132. The van der Waals surface area contributed by atoms with E-state index in [1.807, 2.05) is 31.2 Å². The topological polar surface area (TPSA) is 89.0 Å². The molecule has 1 fully saturated rings. The van der Waals surface area contributed by atoms with E-state index in [2.05, 4.69) is 11.9 Å². The number of unbranched alkanes of at least 4 members (excludes halogenated alkanes) is 1. The van der Waals surface area contributed by atoms with Crippen molar-refractivity contribution < 1.29 is 24.2 Å². The molecule has 182 valence electrons. The van der Waals surface area contributed by atoms with E-state index in [1.165, 1.54) is 16.2 Å². The third-order valence-corrected chi connectivity index (χ3v) is 6.38. The lowest BCUT2D eigenvalue weighted by Crippen LogP contribution is -2.29. The summed E-state index contributed by atoms with van der Waals surface area (Å²) in [5, 5.41) is 13.4. The Balaban J connectivity index is 1.77. The van der Waals surface area contributed by atoms with Crippen molar-refractivity contribution in [3.8, 4) is 11.5 Å². The molecule has 1 atom stereocenters. The normalized spacial score (nSPS) is 17.1. The van der Waals surface area contributed by atoms with Crippen LogP contribution in [0.3, 0.4) is 0 Å². The number of hydrogen-bond acceptors (Lipinski definition) is 7. The molecule has 1 aromatic heterocycles. The number of nitrogens with zero attached hydrogens (tertiary/aromatic N) is 2. The van der Waals surface area contributed by atoms with E-state index in [-0.39, 0.29) is 11.3 Å². The van der Waals surface area contributed by atoms with E-state index in [9.17, 15) is 14.7 Å². The minimum absolute atomic E-state index is 0.0116. The molecule has 2 aromatic carbocycles. The van der Waals surface area contributed by atoms with Gasteiger partial charge in [0.05, 0.1) is 24.8 Å². The SMILES string of the molecule is CCCCOc1ccc(C2/C(=C(\O)c3cccc(OCCC)c3)C(=O)C(=O)N2c2nccs2)cc1. The second-order valence-electron chi connectivity index (χ2n) is 8.13. The highest BCUT2D eigenvalue weighted by Gasteiger charge is 2.48. The van der Waals surface area contributed by atoms with Gasteiger partial charge in [0.25, 0.3) is 5.78 Å². The Morgan fingerprint density at radius 1 is 1.03 bits per heavy atom. The number of amides is 1. The van der Waals surface area contributed by atoms with Gasteiger partial charge in [-0.1, -0.05) is 44.5 Å². The van der Waals surface area contributed by atoms with Gasteiger partial charge in [0.1, 0.15) is 17.3 Å². The molecule has 1 N–H and O–H groups in total. The molecule has 1 aliphatic heterocycles. The summed E-state index contributed by atoms with van der Waals surface area (Å²) in [5.74, 6) is -0.457. The smallest absolute Gasteiger partial charge is 0.301 e. The largest absolute Gasteiger partial charge is 0.507 e. The van der Waals surface area contributed by atoms with E-state index in [0.29, 0.717) is 41.0 Å². The Morgan fingerprint density at radius 2 is 1.80 bits per heavy atom. The average molecular weight is 493 g/mol. The van der Waals surface area contributed by atoms with Crippen molar-refractivity contribution in [1.29, 1.82) is 0 Å². The number of rotatable bonds is 10. The molecule has 0 aliphatic carbocycles. The van der Waals surface area contributed by atoms with Gasteiger partial charge in [-0.05, 0) is 42.7 Å². The molecule has 3 aromatic rings. The number of ketones is 1.